The van der Waals surface area contributed by atoms with Crippen molar-refractivity contribution in [3.8, 4) is 11.3 Å². The number of aryl methyl sites for hydroxylation is 2. The molecule has 4 aromatic rings. The number of amides is 1. The monoisotopic (exact) mass is 422 g/mol. The van der Waals surface area contributed by atoms with Crippen molar-refractivity contribution in [3.05, 3.63) is 71.0 Å². The molecular weight excluding hydrogens is 400 g/mol. The van der Waals surface area contributed by atoms with E-state index < -0.39 is 0 Å². The van der Waals surface area contributed by atoms with Crippen LogP contribution in [0.5, 0.6) is 0 Å². The average molecular weight is 423 g/mol. The molecule has 4 rings (SSSR count). The molecular formula is C22H22N4OS2. The first-order chi connectivity index (χ1) is 14.1. The van der Waals surface area contributed by atoms with E-state index in [2.05, 4.69) is 47.3 Å². The van der Waals surface area contributed by atoms with E-state index in [1.54, 1.807) is 11.8 Å². The molecule has 0 aliphatic rings. The van der Waals surface area contributed by atoms with Gasteiger partial charge in [0.2, 0.25) is 5.91 Å². The first-order valence-corrected chi connectivity index (χ1v) is 11.5. The van der Waals surface area contributed by atoms with E-state index >= 15 is 0 Å². The maximum atomic E-state index is 12.2. The van der Waals surface area contributed by atoms with Gasteiger partial charge in [0.1, 0.15) is 5.65 Å². The molecule has 148 valence electrons. The number of carbonyl (C=O) groups is 1. The second-order valence-corrected chi connectivity index (χ2v) is 8.85. The lowest BCUT2D eigenvalue weighted by Crippen LogP contribution is -2.12. The molecule has 3 heterocycles. The van der Waals surface area contributed by atoms with Gasteiger partial charge in [-0.05, 0) is 43.2 Å². The van der Waals surface area contributed by atoms with Crippen LogP contribution in [0.2, 0.25) is 0 Å². The second-order valence-electron chi connectivity index (χ2n) is 6.89. The molecule has 1 N–H and O–H groups in total. The molecule has 0 saturated carbocycles. The number of hydrogen-bond donors (Lipinski definition) is 1. The predicted octanol–water partition coefficient (Wildman–Crippen LogP) is 5.34. The van der Waals surface area contributed by atoms with Crippen molar-refractivity contribution in [1.29, 1.82) is 0 Å². The van der Waals surface area contributed by atoms with E-state index in [0.29, 0.717) is 11.6 Å². The molecule has 29 heavy (non-hydrogen) atoms. The van der Waals surface area contributed by atoms with E-state index in [-0.39, 0.29) is 5.91 Å². The van der Waals surface area contributed by atoms with Gasteiger partial charge in [0.05, 0.1) is 11.4 Å². The minimum atomic E-state index is -0.00603. The van der Waals surface area contributed by atoms with Crippen LogP contribution in [0.3, 0.4) is 0 Å². The number of imidazole rings is 1. The number of rotatable bonds is 7. The summed E-state index contributed by atoms with van der Waals surface area (Å²) >= 11 is 3.17. The van der Waals surface area contributed by atoms with Crippen LogP contribution in [-0.2, 0) is 10.5 Å². The molecule has 3 aromatic heterocycles. The molecule has 0 aliphatic carbocycles. The molecule has 0 spiro atoms. The summed E-state index contributed by atoms with van der Waals surface area (Å²) in [4.78, 5) is 21.4. The van der Waals surface area contributed by atoms with Crippen LogP contribution in [-0.4, -0.2) is 26.0 Å². The van der Waals surface area contributed by atoms with E-state index in [1.165, 1.54) is 22.5 Å². The van der Waals surface area contributed by atoms with Crippen molar-refractivity contribution < 1.29 is 4.79 Å². The van der Waals surface area contributed by atoms with Crippen LogP contribution in [0, 0.1) is 13.8 Å². The quantitative estimate of drug-likeness (QED) is 0.409. The number of hydrogen-bond acceptors (Lipinski definition) is 5. The summed E-state index contributed by atoms with van der Waals surface area (Å²) < 4.78 is 2.01. The van der Waals surface area contributed by atoms with Gasteiger partial charge in [0, 0.05) is 41.3 Å². The molecule has 0 radical (unpaired) electrons. The summed E-state index contributed by atoms with van der Waals surface area (Å²) in [5.74, 6) is 1.53. The summed E-state index contributed by atoms with van der Waals surface area (Å²) in [7, 11) is 0. The maximum Gasteiger partial charge on any atom is 0.226 e. The van der Waals surface area contributed by atoms with Gasteiger partial charge < -0.3 is 9.72 Å². The third-order valence-electron chi connectivity index (χ3n) is 4.69. The van der Waals surface area contributed by atoms with Gasteiger partial charge >= 0.3 is 0 Å². The second kappa shape index (κ2) is 8.80. The van der Waals surface area contributed by atoms with Gasteiger partial charge in [-0.2, -0.15) is 11.8 Å². The highest BCUT2D eigenvalue weighted by Gasteiger charge is 2.09. The highest BCUT2D eigenvalue weighted by molar-refractivity contribution is 7.98. The van der Waals surface area contributed by atoms with Crippen LogP contribution < -0.4 is 5.32 Å². The van der Waals surface area contributed by atoms with Crippen molar-refractivity contribution in [2.75, 3.05) is 11.1 Å². The summed E-state index contributed by atoms with van der Waals surface area (Å²) in [5, 5.41) is 5.54. The summed E-state index contributed by atoms with van der Waals surface area (Å²) in [5.41, 5.74) is 6.45. The smallest absolute Gasteiger partial charge is 0.226 e. The number of nitrogens with zero attached hydrogens (tertiary/aromatic N) is 3. The van der Waals surface area contributed by atoms with Crippen molar-refractivity contribution in [1.82, 2.24) is 14.4 Å². The molecule has 7 heteroatoms. The molecule has 0 unspecified atom stereocenters. The van der Waals surface area contributed by atoms with Crippen LogP contribution in [0.1, 0.15) is 23.2 Å². The summed E-state index contributed by atoms with van der Waals surface area (Å²) in [6, 6.07) is 12.3. The Balaban J connectivity index is 1.25. The zero-order chi connectivity index (χ0) is 20.2. The van der Waals surface area contributed by atoms with E-state index in [0.717, 1.165) is 34.1 Å². The Morgan fingerprint density at radius 2 is 2.07 bits per heavy atom. The Morgan fingerprint density at radius 1 is 1.17 bits per heavy atom. The first kappa shape index (κ1) is 19.7. The van der Waals surface area contributed by atoms with Crippen LogP contribution in [0.15, 0.2) is 54.2 Å². The molecule has 0 bridgehead atoms. The Kier molecular flexibility index (Phi) is 5.97. The largest absolute Gasteiger partial charge is 0.307 e. The van der Waals surface area contributed by atoms with E-state index in [9.17, 15) is 4.79 Å². The number of fused-ring (bicyclic) bond motifs is 1. The minimum Gasteiger partial charge on any atom is -0.307 e. The fourth-order valence-electron chi connectivity index (χ4n) is 2.94. The number of nitrogens with one attached hydrogen (secondary N) is 1. The lowest BCUT2D eigenvalue weighted by molar-refractivity contribution is -0.115. The van der Waals surface area contributed by atoms with E-state index in [1.807, 2.05) is 40.4 Å². The lowest BCUT2D eigenvalue weighted by Gasteiger charge is -2.03. The number of thioether (sulfide) groups is 1. The third-order valence-corrected chi connectivity index (χ3v) is 6.44. The number of carbonyl (C=O) groups excluding carboxylic acids is 1. The fourth-order valence-corrected chi connectivity index (χ4v) is 4.50. The van der Waals surface area contributed by atoms with Gasteiger partial charge in [-0.1, -0.05) is 18.2 Å². The number of aromatic nitrogens is 3. The highest BCUT2D eigenvalue weighted by Crippen LogP contribution is 2.26. The van der Waals surface area contributed by atoms with Crippen molar-refractivity contribution >= 4 is 39.8 Å². The van der Waals surface area contributed by atoms with Crippen molar-refractivity contribution in [2.45, 2.75) is 26.0 Å². The topological polar surface area (TPSA) is 59.3 Å². The van der Waals surface area contributed by atoms with Gasteiger partial charge in [0.15, 0.2) is 5.13 Å². The number of thiazole rings is 1. The van der Waals surface area contributed by atoms with Gasteiger partial charge in [-0.15, -0.1) is 11.3 Å². The Morgan fingerprint density at radius 3 is 2.90 bits per heavy atom. The van der Waals surface area contributed by atoms with Gasteiger partial charge in [-0.25, -0.2) is 9.97 Å². The zero-order valence-corrected chi connectivity index (χ0v) is 18.0. The normalized spacial score (nSPS) is 11.1. The standard InChI is InChI=1S/C22H22N4OS2/c1-15-6-7-17(11-16(15)2)19-14-29-22(24-19)25-21(27)8-10-28-13-18-12-26-9-4-3-5-20(26)23-18/h3-7,9,11-12,14H,8,10,13H2,1-2H3,(H,24,25,27). The molecule has 0 aliphatic heterocycles. The SMILES string of the molecule is Cc1ccc(-c2csc(NC(=O)CCSCc3cn4ccccc4n3)n2)cc1C. The maximum absolute atomic E-state index is 12.2. The molecule has 1 amide bonds. The number of pyridine rings is 1. The number of benzene rings is 1. The van der Waals surface area contributed by atoms with Gasteiger partial charge in [-0.3, -0.25) is 4.79 Å². The first-order valence-electron chi connectivity index (χ1n) is 9.42. The Hall–Kier alpha value is -2.64. The van der Waals surface area contributed by atoms with Crippen LogP contribution >= 0.6 is 23.1 Å². The van der Waals surface area contributed by atoms with Crippen molar-refractivity contribution in [3.63, 3.8) is 0 Å². The minimum absolute atomic E-state index is 0.00603. The predicted molar refractivity (Wildman–Crippen MR) is 122 cm³/mol. The zero-order valence-electron chi connectivity index (χ0n) is 16.4. The lowest BCUT2D eigenvalue weighted by atomic mass is 10.1. The fraction of sp³-hybridized carbons (Fsp3) is 0.227. The van der Waals surface area contributed by atoms with E-state index in [4.69, 9.17) is 0 Å². The molecule has 0 fully saturated rings. The third kappa shape index (κ3) is 4.86. The van der Waals surface area contributed by atoms with Crippen LogP contribution in [0.25, 0.3) is 16.9 Å². The molecule has 5 nitrogen and oxygen atoms in total. The summed E-state index contributed by atoms with van der Waals surface area (Å²) in [6.07, 6.45) is 4.48. The summed E-state index contributed by atoms with van der Waals surface area (Å²) in [6.45, 7) is 4.19. The average Bonchev–Trinajstić information content (AvgIpc) is 3.34. The Labute approximate surface area is 178 Å². The Bertz CT molecular complexity index is 1120. The van der Waals surface area contributed by atoms with Crippen molar-refractivity contribution in [2.24, 2.45) is 0 Å². The highest BCUT2D eigenvalue weighted by atomic mass is 32.2. The molecule has 0 atom stereocenters. The van der Waals surface area contributed by atoms with Gasteiger partial charge in [0.25, 0.3) is 0 Å². The van der Waals surface area contributed by atoms with Crippen LogP contribution in [0.4, 0.5) is 5.13 Å². The number of anilines is 1. The molecule has 0 saturated heterocycles. The molecule has 1 aromatic carbocycles.